The monoisotopic (exact) mass is 523 g/mol. The third-order valence-electron chi connectivity index (χ3n) is 5.70. The van der Waals surface area contributed by atoms with Crippen LogP contribution in [0.15, 0.2) is 88.5 Å². The maximum Gasteiger partial charge on any atom is 0.242 e. The zero-order valence-corrected chi connectivity index (χ0v) is 20.6. The number of rotatable bonds is 6. The van der Waals surface area contributed by atoms with E-state index in [9.17, 15) is 14.0 Å². The summed E-state index contributed by atoms with van der Waals surface area (Å²) in [7, 11) is 0. The van der Waals surface area contributed by atoms with E-state index in [4.69, 9.17) is 16.6 Å². The number of piperidine rings is 1. The van der Waals surface area contributed by atoms with Crippen LogP contribution in [0, 0.1) is 5.82 Å². The summed E-state index contributed by atoms with van der Waals surface area (Å²) >= 11 is 8.89. The molecule has 2 aromatic heterocycles. The van der Waals surface area contributed by atoms with Gasteiger partial charge in [0.05, 0.1) is 10.7 Å². The van der Waals surface area contributed by atoms with Crippen molar-refractivity contribution in [3.63, 3.8) is 0 Å². The lowest BCUT2D eigenvalue weighted by atomic mass is 9.79. The summed E-state index contributed by atoms with van der Waals surface area (Å²) < 4.78 is 13.3. The highest BCUT2D eigenvalue weighted by atomic mass is 35.5. The van der Waals surface area contributed by atoms with E-state index >= 15 is 0 Å². The van der Waals surface area contributed by atoms with Crippen molar-refractivity contribution in [3.05, 3.63) is 106 Å². The molecule has 1 saturated heterocycles. The first-order valence-corrected chi connectivity index (χ1v) is 12.9. The summed E-state index contributed by atoms with van der Waals surface area (Å²) in [5.41, 5.74) is 0.884. The lowest BCUT2D eigenvalue weighted by Gasteiger charge is -2.39. The second-order valence-corrected chi connectivity index (χ2v) is 10.4. The van der Waals surface area contributed by atoms with Gasteiger partial charge in [-0.3, -0.25) is 9.59 Å². The van der Waals surface area contributed by atoms with Crippen LogP contribution < -0.4 is 10.6 Å². The van der Waals surface area contributed by atoms with Gasteiger partial charge >= 0.3 is 0 Å². The first kappa shape index (κ1) is 23.5. The number of nitrogens with one attached hydrogen (secondary N) is 2. The minimum atomic E-state index is -1.10. The highest BCUT2D eigenvalue weighted by molar-refractivity contribution is 8.01. The lowest BCUT2D eigenvalue weighted by Crippen LogP contribution is -2.58. The van der Waals surface area contributed by atoms with Crippen LogP contribution in [0.5, 0.6) is 0 Å². The average molecular weight is 524 g/mol. The van der Waals surface area contributed by atoms with Crippen LogP contribution in [-0.4, -0.2) is 21.9 Å². The van der Waals surface area contributed by atoms with Crippen LogP contribution in [0.2, 0.25) is 5.02 Å². The van der Waals surface area contributed by atoms with Crippen molar-refractivity contribution in [2.45, 2.75) is 22.1 Å². The molecule has 1 amide bonds. The molecular formula is C26H19ClFN3O2S2. The van der Waals surface area contributed by atoms with Gasteiger partial charge in [-0.15, -0.1) is 11.8 Å². The molecule has 4 aromatic rings. The molecule has 176 valence electrons. The van der Waals surface area contributed by atoms with Gasteiger partial charge < -0.3 is 10.6 Å². The molecule has 0 bridgehead atoms. The third-order valence-corrected chi connectivity index (χ3v) is 8.15. The van der Waals surface area contributed by atoms with Crippen molar-refractivity contribution in [3.8, 4) is 0 Å². The van der Waals surface area contributed by atoms with Crippen molar-refractivity contribution in [1.29, 1.82) is 0 Å². The number of Topliss-reactive ketones (excluding diaryl/α,β-unsaturated/α-hetero) is 1. The Bertz CT molecular complexity index is 1360. The number of pyridine rings is 1. The van der Waals surface area contributed by atoms with Gasteiger partial charge in [-0.1, -0.05) is 29.8 Å². The molecule has 1 fully saturated rings. The summed E-state index contributed by atoms with van der Waals surface area (Å²) in [4.78, 5) is 32.2. The molecule has 3 heterocycles. The predicted molar refractivity (Wildman–Crippen MR) is 138 cm³/mol. The van der Waals surface area contributed by atoms with Gasteiger partial charge in [0.2, 0.25) is 5.91 Å². The quantitative estimate of drug-likeness (QED) is 0.296. The number of aromatic nitrogens is 1. The fourth-order valence-corrected chi connectivity index (χ4v) is 5.99. The van der Waals surface area contributed by atoms with Crippen LogP contribution in [0.3, 0.4) is 0 Å². The van der Waals surface area contributed by atoms with Crippen LogP contribution in [-0.2, 0) is 15.1 Å². The summed E-state index contributed by atoms with van der Waals surface area (Å²) in [6.45, 7) is 0. The van der Waals surface area contributed by atoms with Crippen molar-refractivity contribution < 1.29 is 14.0 Å². The molecule has 1 aliphatic heterocycles. The van der Waals surface area contributed by atoms with E-state index in [0.717, 1.165) is 17.3 Å². The summed E-state index contributed by atoms with van der Waals surface area (Å²) in [6, 6.07) is 20.3. The Labute approximate surface area is 214 Å². The number of benzene rings is 2. The van der Waals surface area contributed by atoms with Crippen LogP contribution in [0.4, 0.5) is 15.9 Å². The van der Waals surface area contributed by atoms with E-state index < -0.39 is 16.7 Å². The van der Waals surface area contributed by atoms with Crippen molar-refractivity contribution in [2.24, 2.45) is 0 Å². The Morgan fingerprint density at radius 1 is 1.06 bits per heavy atom. The number of hydrogen-bond donors (Lipinski definition) is 2. The standard InChI is InChI=1S/C26H19ClFN3O2S2/c27-19-4-1-2-5-21(19)35-24-20(32)14-26(31-25(24)33,16-12-13-34-15-16)22-6-3-7-23(30-22)29-18-10-8-17(28)9-11-18/h1-13,15,24H,14H2,(H,29,30)(H,31,33)/t24-,26-/m0/s1. The number of ketones is 1. The Hall–Kier alpha value is -3.20. The molecule has 0 saturated carbocycles. The van der Waals surface area contributed by atoms with E-state index in [1.807, 2.05) is 29.0 Å². The number of carbonyl (C=O) groups is 2. The van der Waals surface area contributed by atoms with Gasteiger partial charge in [0, 0.05) is 17.0 Å². The molecule has 2 atom stereocenters. The van der Waals surface area contributed by atoms with Gasteiger partial charge in [-0.25, -0.2) is 9.37 Å². The van der Waals surface area contributed by atoms with Crippen LogP contribution in [0.25, 0.3) is 0 Å². The van der Waals surface area contributed by atoms with Crippen molar-refractivity contribution >= 4 is 57.9 Å². The minimum absolute atomic E-state index is 0.0462. The molecular weight excluding hydrogens is 505 g/mol. The van der Waals surface area contributed by atoms with E-state index in [2.05, 4.69) is 10.6 Å². The number of carbonyl (C=O) groups excluding carboxylic acids is 2. The van der Waals surface area contributed by atoms with Crippen LogP contribution in [0.1, 0.15) is 17.7 Å². The normalized spacial score (nSPS) is 19.9. The molecule has 2 aromatic carbocycles. The zero-order chi connectivity index (χ0) is 24.4. The number of anilines is 2. The highest BCUT2D eigenvalue weighted by Gasteiger charge is 2.48. The summed E-state index contributed by atoms with van der Waals surface area (Å²) in [6.07, 6.45) is 0.0462. The Morgan fingerprint density at radius 2 is 1.86 bits per heavy atom. The van der Waals surface area contributed by atoms with Crippen molar-refractivity contribution in [2.75, 3.05) is 5.32 Å². The van der Waals surface area contributed by atoms with Crippen LogP contribution >= 0.6 is 34.7 Å². The summed E-state index contributed by atoms with van der Waals surface area (Å²) in [5.74, 6) is -0.418. The fraction of sp³-hybridized carbons (Fsp3) is 0.115. The second kappa shape index (κ2) is 9.81. The number of hydrogen-bond acceptors (Lipinski definition) is 6. The van der Waals surface area contributed by atoms with Gasteiger partial charge in [0.15, 0.2) is 5.78 Å². The van der Waals surface area contributed by atoms with E-state index in [1.165, 1.54) is 23.5 Å². The fourth-order valence-electron chi connectivity index (χ4n) is 4.01. The number of thiophene rings is 1. The highest BCUT2D eigenvalue weighted by Crippen LogP contribution is 2.41. The Kier molecular flexibility index (Phi) is 6.60. The number of halogens is 2. The molecule has 5 rings (SSSR count). The van der Waals surface area contributed by atoms with Gasteiger partial charge in [0.25, 0.3) is 0 Å². The predicted octanol–water partition coefficient (Wildman–Crippen LogP) is 6.17. The second-order valence-electron chi connectivity index (χ2n) is 8.02. The molecule has 0 spiro atoms. The molecule has 9 heteroatoms. The largest absolute Gasteiger partial charge is 0.340 e. The molecule has 35 heavy (non-hydrogen) atoms. The van der Waals surface area contributed by atoms with E-state index in [-0.39, 0.29) is 18.0 Å². The smallest absolute Gasteiger partial charge is 0.242 e. The van der Waals surface area contributed by atoms with E-state index in [1.54, 1.807) is 42.5 Å². The first-order chi connectivity index (χ1) is 16.9. The molecule has 0 radical (unpaired) electrons. The molecule has 0 unspecified atom stereocenters. The average Bonchev–Trinajstić information content (AvgIpc) is 3.40. The minimum Gasteiger partial charge on any atom is -0.340 e. The molecule has 1 aliphatic rings. The first-order valence-electron chi connectivity index (χ1n) is 10.7. The number of amides is 1. The van der Waals surface area contributed by atoms with E-state index in [0.29, 0.717) is 27.1 Å². The maximum absolute atomic E-state index is 13.4. The van der Waals surface area contributed by atoms with Gasteiger partial charge in [0.1, 0.15) is 22.4 Å². The van der Waals surface area contributed by atoms with Crippen molar-refractivity contribution in [1.82, 2.24) is 10.3 Å². The topological polar surface area (TPSA) is 71.1 Å². The molecule has 0 aliphatic carbocycles. The number of thioether (sulfide) groups is 1. The third kappa shape index (κ3) is 4.82. The van der Waals surface area contributed by atoms with Gasteiger partial charge in [-0.05, 0) is 70.9 Å². The Morgan fingerprint density at radius 3 is 2.57 bits per heavy atom. The molecule has 5 nitrogen and oxygen atoms in total. The van der Waals surface area contributed by atoms with Gasteiger partial charge in [-0.2, -0.15) is 11.3 Å². The maximum atomic E-state index is 13.4. The lowest BCUT2D eigenvalue weighted by molar-refractivity contribution is -0.133. The summed E-state index contributed by atoms with van der Waals surface area (Å²) in [5, 5.41) is 9.66. The Balaban J connectivity index is 1.48. The number of nitrogens with zero attached hydrogens (tertiary/aromatic N) is 1. The molecule has 2 N–H and O–H groups in total. The zero-order valence-electron chi connectivity index (χ0n) is 18.2. The SMILES string of the molecule is O=C1C[C@](c2ccsc2)(c2cccc(Nc3ccc(F)cc3)n2)NC(=O)[C@H]1Sc1ccccc1Cl.